The first kappa shape index (κ1) is 16.1. The highest BCUT2D eigenvalue weighted by atomic mass is 32.2. The van der Waals surface area contributed by atoms with Crippen molar-refractivity contribution in [3.63, 3.8) is 0 Å². The molecule has 3 nitrogen and oxygen atoms in total. The van der Waals surface area contributed by atoms with E-state index in [0.29, 0.717) is 11.6 Å². The largest absolute Gasteiger partial charge is 0.349 e. The van der Waals surface area contributed by atoms with Crippen LogP contribution in [0.1, 0.15) is 48.0 Å². The third-order valence-corrected chi connectivity index (χ3v) is 5.22. The highest BCUT2D eigenvalue weighted by Crippen LogP contribution is 2.29. The van der Waals surface area contributed by atoms with Crippen molar-refractivity contribution in [2.45, 2.75) is 55.0 Å². The normalized spacial score (nSPS) is 15.3. The molecule has 1 saturated carbocycles. The first-order valence-corrected chi connectivity index (χ1v) is 9.04. The Kier molecular flexibility index (Phi) is 5.34. The van der Waals surface area contributed by atoms with E-state index in [0.717, 1.165) is 22.8 Å². The van der Waals surface area contributed by atoms with Crippen LogP contribution in [0.15, 0.2) is 52.5 Å². The van der Waals surface area contributed by atoms with E-state index < -0.39 is 0 Å². The van der Waals surface area contributed by atoms with Crippen LogP contribution >= 0.6 is 11.8 Å². The molecule has 0 saturated heterocycles. The summed E-state index contributed by atoms with van der Waals surface area (Å²) in [6.07, 6.45) is 7.63. The smallest absolute Gasteiger partial charge is 0.254 e. The molecular weight excluding hydrogens is 304 g/mol. The maximum Gasteiger partial charge on any atom is 0.254 e. The molecule has 1 amide bonds. The van der Waals surface area contributed by atoms with E-state index in [9.17, 15) is 4.79 Å². The molecule has 1 fully saturated rings. The van der Waals surface area contributed by atoms with Crippen molar-refractivity contribution in [3.8, 4) is 0 Å². The minimum Gasteiger partial charge on any atom is -0.349 e. The Balaban J connectivity index is 1.74. The van der Waals surface area contributed by atoms with E-state index >= 15 is 0 Å². The van der Waals surface area contributed by atoms with Crippen LogP contribution in [0.5, 0.6) is 0 Å². The number of benzene rings is 1. The average Bonchev–Trinajstić information content (AvgIpc) is 2.58. The molecule has 0 aliphatic heterocycles. The summed E-state index contributed by atoms with van der Waals surface area (Å²) in [5, 5.41) is 3.95. The number of carbonyl (C=O) groups excluding carboxylic acids is 1. The van der Waals surface area contributed by atoms with Crippen LogP contribution in [0.4, 0.5) is 0 Å². The van der Waals surface area contributed by atoms with Crippen LogP contribution < -0.4 is 5.32 Å². The summed E-state index contributed by atoms with van der Waals surface area (Å²) in [5.74, 6) is -0.000360. The number of amides is 1. The number of carbonyl (C=O) groups is 1. The van der Waals surface area contributed by atoms with Gasteiger partial charge in [0.2, 0.25) is 0 Å². The van der Waals surface area contributed by atoms with Gasteiger partial charge in [0, 0.05) is 17.1 Å². The Bertz CT molecular complexity index is 663. The molecule has 0 spiro atoms. The predicted octanol–water partition coefficient (Wildman–Crippen LogP) is 4.60. The molecule has 1 aromatic carbocycles. The van der Waals surface area contributed by atoms with Crippen molar-refractivity contribution in [3.05, 3.63) is 53.7 Å². The Morgan fingerprint density at radius 1 is 1.13 bits per heavy atom. The molecule has 1 aliphatic carbocycles. The number of aromatic nitrogens is 1. The number of hydrogen-bond acceptors (Lipinski definition) is 3. The third kappa shape index (κ3) is 4.35. The van der Waals surface area contributed by atoms with Gasteiger partial charge in [0.25, 0.3) is 5.91 Å². The standard InChI is InChI=1S/C19H22N2OS/c1-14-9-11-16(12-10-14)23-19-17(8-5-13-20-19)18(22)21-15-6-3-2-4-7-15/h5,8-13,15H,2-4,6-7H2,1H3,(H,21,22). The molecule has 120 valence electrons. The Hall–Kier alpha value is -1.81. The SMILES string of the molecule is Cc1ccc(Sc2ncccc2C(=O)NC2CCCCC2)cc1. The number of rotatable bonds is 4. The van der Waals surface area contributed by atoms with Gasteiger partial charge in [-0.3, -0.25) is 4.79 Å². The number of nitrogens with zero attached hydrogens (tertiary/aromatic N) is 1. The summed E-state index contributed by atoms with van der Waals surface area (Å²) in [7, 11) is 0. The second-order valence-corrected chi connectivity index (χ2v) is 7.14. The Labute approximate surface area is 141 Å². The van der Waals surface area contributed by atoms with Gasteiger partial charge in [-0.05, 0) is 44.0 Å². The number of hydrogen-bond donors (Lipinski definition) is 1. The lowest BCUT2D eigenvalue weighted by Crippen LogP contribution is -2.36. The van der Waals surface area contributed by atoms with Crippen molar-refractivity contribution in [1.29, 1.82) is 0 Å². The Morgan fingerprint density at radius 3 is 2.61 bits per heavy atom. The fourth-order valence-corrected chi connectivity index (χ4v) is 3.75. The Morgan fingerprint density at radius 2 is 1.87 bits per heavy atom. The van der Waals surface area contributed by atoms with Crippen LogP contribution in [0, 0.1) is 6.92 Å². The monoisotopic (exact) mass is 326 g/mol. The molecule has 23 heavy (non-hydrogen) atoms. The van der Waals surface area contributed by atoms with Gasteiger partial charge >= 0.3 is 0 Å². The highest BCUT2D eigenvalue weighted by molar-refractivity contribution is 7.99. The lowest BCUT2D eigenvalue weighted by Gasteiger charge is -2.23. The van der Waals surface area contributed by atoms with E-state index in [4.69, 9.17) is 0 Å². The second kappa shape index (κ2) is 7.64. The summed E-state index contributed by atoms with van der Waals surface area (Å²) < 4.78 is 0. The van der Waals surface area contributed by atoms with E-state index in [1.807, 2.05) is 12.1 Å². The van der Waals surface area contributed by atoms with Gasteiger partial charge in [-0.15, -0.1) is 0 Å². The van der Waals surface area contributed by atoms with E-state index in [1.54, 1.807) is 18.0 Å². The van der Waals surface area contributed by atoms with Gasteiger partial charge in [0.1, 0.15) is 5.03 Å². The van der Waals surface area contributed by atoms with Gasteiger partial charge in [0.15, 0.2) is 0 Å². The third-order valence-electron chi connectivity index (χ3n) is 4.19. The van der Waals surface area contributed by atoms with Crippen LogP contribution in [-0.4, -0.2) is 16.9 Å². The van der Waals surface area contributed by atoms with Gasteiger partial charge in [-0.2, -0.15) is 0 Å². The minimum absolute atomic E-state index is 0.000360. The maximum absolute atomic E-state index is 12.6. The van der Waals surface area contributed by atoms with Crippen LogP contribution in [0.3, 0.4) is 0 Å². The minimum atomic E-state index is -0.000360. The van der Waals surface area contributed by atoms with E-state index in [1.165, 1.54) is 24.8 Å². The van der Waals surface area contributed by atoms with Gasteiger partial charge < -0.3 is 5.32 Å². The second-order valence-electron chi connectivity index (χ2n) is 6.08. The summed E-state index contributed by atoms with van der Waals surface area (Å²) in [5.41, 5.74) is 1.90. The number of pyridine rings is 1. The maximum atomic E-state index is 12.6. The first-order valence-electron chi connectivity index (χ1n) is 8.23. The van der Waals surface area contributed by atoms with Gasteiger partial charge in [0.05, 0.1) is 5.56 Å². The van der Waals surface area contributed by atoms with Crippen molar-refractivity contribution in [2.24, 2.45) is 0 Å². The quantitative estimate of drug-likeness (QED) is 0.892. The topological polar surface area (TPSA) is 42.0 Å². The number of aryl methyl sites for hydroxylation is 1. The van der Waals surface area contributed by atoms with Crippen LogP contribution in [-0.2, 0) is 0 Å². The summed E-state index contributed by atoms with van der Waals surface area (Å²) >= 11 is 1.54. The van der Waals surface area contributed by atoms with Crippen molar-refractivity contribution in [2.75, 3.05) is 0 Å². The molecule has 1 aliphatic rings. The molecule has 0 bridgehead atoms. The molecule has 1 aromatic heterocycles. The lowest BCUT2D eigenvalue weighted by atomic mass is 9.95. The zero-order valence-corrected chi connectivity index (χ0v) is 14.2. The van der Waals surface area contributed by atoms with Crippen LogP contribution in [0.25, 0.3) is 0 Å². The van der Waals surface area contributed by atoms with E-state index in [-0.39, 0.29) is 5.91 Å². The molecule has 0 atom stereocenters. The van der Waals surface area contributed by atoms with Crippen molar-refractivity contribution < 1.29 is 4.79 Å². The zero-order valence-electron chi connectivity index (χ0n) is 13.4. The van der Waals surface area contributed by atoms with Gasteiger partial charge in [-0.1, -0.05) is 48.7 Å². The van der Waals surface area contributed by atoms with Crippen molar-refractivity contribution >= 4 is 17.7 Å². The van der Waals surface area contributed by atoms with Gasteiger partial charge in [-0.25, -0.2) is 4.98 Å². The zero-order chi connectivity index (χ0) is 16.1. The van der Waals surface area contributed by atoms with Crippen LogP contribution in [0.2, 0.25) is 0 Å². The summed E-state index contributed by atoms with van der Waals surface area (Å²) in [6.45, 7) is 2.07. The first-order chi connectivity index (χ1) is 11.2. The van der Waals surface area contributed by atoms with Crippen molar-refractivity contribution in [1.82, 2.24) is 10.3 Å². The molecule has 4 heteroatoms. The fraction of sp³-hybridized carbons (Fsp3) is 0.368. The highest BCUT2D eigenvalue weighted by Gasteiger charge is 2.19. The fourth-order valence-electron chi connectivity index (χ4n) is 2.87. The van der Waals surface area contributed by atoms with E-state index in [2.05, 4.69) is 41.5 Å². The summed E-state index contributed by atoms with van der Waals surface area (Å²) in [6, 6.07) is 12.3. The lowest BCUT2D eigenvalue weighted by molar-refractivity contribution is 0.0924. The molecular formula is C19H22N2OS. The number of nitrogens with one attached hydrogen (secondary N) is 1. The molecule has 0 unspecified atom stereocenters. The molecule has 1 heterocycles. The molecule has 1 N–H and O–H groups in total. The molecule has 0 radical (unpaired) electrons. The molecule has 2 aromatic rings. The summed E-state index contributed by atoms with van der Waals surface area (Å²) in [4.78, 5) is 18.1. The average molecular weight is 326 g/mol. The predicted molar refractivity (Wildman–Crippen MR) is 93.9 cm³/mol. The molecule has 3 rings (SSSR count).